The minimum Gasteiger partial charge on any atom is -0.490 e. The molecular formula is C25H26N2O4. The van der Waals surface area contributed by atoms with E-state index in [1.54, 1.807) is 42.5 Å². The number of nitrogens with one attached hydrogen (secondary N) is 2. The Bertz CT molecular complexity index is 1020. The van der Waals surface area contributed by atoms with Gasteiger partial charge in [0.15, 0.2) is 0 Å². The van der Waals surface area contributed by atoms with Crippen LogP contribution in [0.4, 0.5) is 11.4 Å². The van der Waals surface area contributed by atoms with E-state index in [2.05, 4.69) is 10.6 Å². The zero-order chi connectivity index (χ0) is 22.1. The number of anilines is 2. The summed E-state index contributed by atoms with van der Waals surface area (Å²) in [5.74, 6) is 0.725. The molecule has 6 nitrogen and oxygen atoms in total. The highest BCUT2D eigenvalue weighted by Gasteiger charge is 2.13. The van der Waals surface area contributed by atoms with Gasteiger partial charge in [0.05, 0.1) is 5.56 Å². The molecule has 6 heteroatoms. The van der Waals surface area contributed by atoms with Crippen LogP contribution in [0, 0.1) is 5.92 Å². The van der Waals surface area contributed by atoms with Crippen LogP contribution in [0.15, 0.2) is 78.9 Å². The average molecular weight is 418 g/mol. The molecule has 2 N–H and O–H groups in total. The van der Waals surface area contributed by atoms with Crippen LogP contribution in [-0.4, -0.2) is 25.0 Å². The van der Waals surface area contributed by atoms with Crippen LogP contribution in [0.2, 0.25) is 0 Å². The summed E-state index contributed by atoms with van der Waals surface area (Å²) in [5.41, 5.74) is 1.62. The molecule has 3 aromatic rings. The van der Waals surface area contributed by atoms with Gasteiger partial charge < -0.3 is 20.1 Å². The number of ether oxygens (including phenoxy) is 2. The molecule has 0 bridgehead atoms. The smallest absolute Gasteiger partial charge is 0.259 e. The van der Waals surface area contributed by atoms with Crippen molar-refractivity contribution in [3.8, 4) is 11.5 Å². The normalized spacial score (nSPS) is 10.4. The van der Waals surface area contributed by atoms with E-state index in [0.29, 0.717) is 35.9 Å². The van der Waals surface area contributed by atoms with Gasteiger partial charge >= 0.3 is 0 Å². The minimum atomic E-state index is -0.299. The molecule has 31 heavy (non-hydrogen) atoms. The third-order valence-electron chi connectivity index (χ3n) is 4.40. The molecule has 0 spiro atoms. The summed E-state index contributed by atoms with van der Waals surface area (Å²) >= 11 is 0. The fourth-order valence-corrected chi connectivity index (χ4v) is 2.77. The van der Waals surface area contributed by atoms with Gasteiger partial charge in [0.2, 0.25) is 5.91 Å². The number of hydrogen-bond donors (Lipinski definition) is 2. The summed E-state index contributed by atoms with van der Waals surface area (Å²) in [6.07, 6.45) is 0. The lowest BCUT2D eigenvalue weighted by atomic mass is 10.1. The van der Waals surface area contributed by atoms with E-state index in [0.717, 1.165) is 5.75 Å². The first-order valence-electron chi connectivity index (χ1n) is 10.1. The molecule has 2 amide bonds. The first-order chi connectivity index (χ1) is 15.0. The van der Waals surface area contributed by atoms with Gasteiger partial charge in [-0.2, -0.15) is 0 Å². The largest absolute Gasteiger partial charge is 0.490 e. The number of para-hydroxylation sites is 2. The van der Waals surface area contributed by atoms with Crippen molar-refractivity contribution in [2.75, 3.05) is 23.8 Å². The third kappa shape index (κ3) is 6.60. The molecular weight excluding hydrogens is 392 g/mol. The number of rotatable bonds is 9. The lowest BCUT2D eigenvalue weighted by Crippen LogP contribution is -2.18. The lowest BCUT2D eigenvalue weighted by molar-refractivity contribution is -0.118. The number of amides is 2. The topological polar surface area (TPSA) is 76.7 Å². The first-order valence-corrected chi connectivity index (χ1v) is 10.1. The van der Waals surface area contributed by atoms with Crippen LogP contribution in [0.25, 0.3) is 0 Å². The van der Waals surface area contributed by atoms with Crippen molar-refractivity contribution in [2.24, 2.45) is 5.92 Å². The SMILES string of the molecule is CC(C)C(=O)Nc1cccc(NC(=O)c2ccccc2OCCOc2ccccc2)c1. The molecule has 0 aliphatic rings. The van der Waals surface area contributed by atoms with Crippen LogP contribution in [0.5, 0.6) is 11.5 Å². The van der Waals surface area contributed by atoms with Crippen molar-refractivity contribution < 1.29 is 19.1 Å². The predicted octanol–water partition coefficient (Wildman–Crippen LogP) is 4.99. The zero-order valence-corrected chi connectivity index (χ0v) is 17.6. The maximum Gasteiger partial charge on any atom is 0.259 e. The molecule has 0 heterocycles. The molecule has 0 radical (unpaired) electrons. The van der Waals surface area contributed by atoms with E-state index in [1.165, 1.54) is 0 Å². The van der Waals surface area contributed by atoms with E-state index < -0.39 is 0 Å². The Hall–Kier alpha value is -3.80. The van der Waals surface area contributed by atoms with Crippen LogP contribution < -0.4 is 20.1 Å². The Morgan fingerprint density at radius 2 is 1.42 bits per heavy atom. The summed E-state index contributed by atoms with van der Waals surface area (Å²) in [6.45, 7) is 4.30. The minimum absolute atomic E-state index is 0.0834. The number of carbonyl (C=O) groups is 2. The molecule has 0 unspecified atom stereocenters. The Kier molecular flexibility index (Phi) is 7.65. The van der Waals surface area contributed by atoms with Crippen molar-refractivity contribution in [3.05, 3.63) is 84.4 Å². The number of benzene rings is 3. The Labute approximate surface area is 182 Å². The maximum atomic E-state index is 12.8. The average Bonchev–Trinajstić information content (AvgIpc) is 2.78. The van der Waals surface area contributed by atoms with Gasteiger partial charge in [-0.15, -0.1) is 0 Å². The zero-order valence-electron chi connectivity index (χ0n) is 17.6. The molecule has 0 saturated heterocycles. The first kappa shape index (κ1) is 21.9. The standard InChI is InChI=1S/C25H26N2O4/c1-18(2)24(28)26-19-9-8-10-20(17-19)27-25(29)22-13-6-7-14-23(22)31-16-15-30-21-11-4-3-5-12-21/h3-14,17-18H,15-16H2,1-2H3,(H,26,28)(H,27,29). The van der Waals surface area contributed by atoms with Gasteiger partial charge in [-0.25, -0.2) is 0 Å². The summed E-state index contributed by atoms with van der Waals surface area (Å²) in [6, 6.07) is 23.5. The highest BCUT2D eigenvalue weighted by Crippen LogP contribution is 2.21. The predicted molar refractivity (Wildman–Crippen MR) is 122 cm³/mol. The van der Waals surface area contributed by atoms with E-state index >= 15 is 0 Å². The molecule has 0 fully saturated rings. The van der Waals surface area contributed by atoms with Crippen LogP contribution in [-0.2, 0) is 4.79 Å². The second-order valence-electron chi connectivity index (χ2n) is 7.19. The van der Waals surface area contributed by atoms with Crippen LogP contribution in [0.1, 0.15) is 24.2 Å². The molecule has 160 valence electrons. The third-order valence-corrected chi connectivity index (χ3v) is 4.40. The fraction of sp³-hybridized carbons (Fsp3) is 0.200. The monoisotopic (exact) mass is 418 g/mol. The quantitative estimate of drug-likeness (QED) is 0.480. The summed E-state index contributed by atoms with van der Waals surface area (Å²) < 4.78 is 11.4. The molecule has 0 atom stereocenters. The van der Waals surface area contributed by atoms with Crippen molar-refractivity contribution in [1.82, 2.24) is 0 Å². The molecule has 3 aromatic carbocycles. The Balaban J connectivity index is 1.60. The highest BCUT2D eigenvalue weighted by atomic mass is 16.5. The molecule has 3 rings (SSSR count). The summed E-state index contributed by atoms with van der Waals surface area (Å²) in [5, 5.41) is 5.68. The molecule has 0 saturated carbocycles. The Morgan fingerprint density at radius 3 is 2.16 bits per heavy atom. The van der Waals surface area contributed by atoms with Crippen molar-refractivity contribution in [2.45, 2.75) is 13.8 Å². The van der Waals surface area contributed by atoms with Gasteiger partial charge in [-0.3, -0.25) is 9.59 Å². The number of hydrogen-bond acceptors (Lipinski definition) is 4. The fourth-order valence-electron chi connectivity index (χ4n) is 2.77. The van der Waals surface area contributed by atoms with Gasteiger partial charge in [0.1, 0.15) is 24.7 Å². The van der Waals surface area contributed by atoms with E-state index in [9.17, 15) is 9.59 Å². The Morgan fingerprint density at radius 1 is 0.774 bits per heavy atom. The van der Waals surface area contributed by atoms with Crippen LogP contribution in [0.3, 0.4) is 0 Å². The molecule has 0 aliphatic carbocycles. The van der Waals surface area contributed by atoms with Gasteiger partial charge in [0, 0.05) is 17.3 Å². The maximum absolute atomic E-state index is 12.8. The molecule has 0 aromatic heterocycles. The van der Waals surface area contributed by atoms with E-state index in [4.69, 9.17) is 9.47 Å². The van der Waals surface area contributed by atoms with Crippen LogP contribution >= 0.6 is 0 Å². The highest BCUT2D eigenvalue weighted by molar-refractivity contribution is 6.06. The lowest BCUT2D eigenvalue weighted by Gasteiger charge is -2.13. The van der Waals surface area contributed by atoms with Crippen molar-refractivity contribution in [3.63, 3.8) is 0 Å². The number of carbonyl (C=O) groups excluding carboxylic acids is 2. The second kappa shape index (κ2) is 10.8. The second-order valence-corrected chi connectivity index (χ2v) is 7.19. The van der Waals surface area contributed by atoms with Gasteiger partial charge in [-0.1, -0.05) is 50.2 Å². The summed E-state index contributed by atoms with van der Waals surface area (Å²) in [7, 11) is 0. The van der Waals surface area contributed by atoms with E-state index in [1.807, 2.05) is 50.2 Å². The van der Waals surface area contributed by atoms with Crippen molar-refractivity contribution in [1.29, 1.82) is 0 Å². The van der Waals surface area contributed by atoms with Crippen molar-refractivity contribution >= 4 is 23.2 Å². The van der Waals surface area contributed by atoms with Gasteiger partial charge in [-0.05, 0) is 42.5 Å². The summed E-state index contributed by atoms with van der Waals surface area (Å²) in [4.78, 5) is 24.7. The van der Waals surface area contributed by atoms with Gasteiger partial charge in [0.25, 0.3) is 5.91 Å². The molecule has 0 aliphatic heterocycles. The van der Waals surface area contributed by atoms with E-state index in [-0.39, 0.29) is 17.7 Å².